The summed E-state index contributed by atoms with van der Waals surface area (Å²) >= 11 is 0. The van der Waals surface area contributed by atoms with Crippen LogP contribution in [0.15, 0.2) is 52.0 Å². The molecule has 2 N–H and O–H groups in total. The molecule has 11 nitrogen and oxygen atoms in total. The zero-order valence-corrected chi connectivity index (χ0v) is 22.5. The first-order valence-corrected chi connectivity index (χ1v) is 14.0. The summed E-state index contributed by atoms with van der Waals surface area (Å²) in [5, 5.41) is 16.8. The van der Waals surface area contributed by atoms with Crippen molar-refractivity contribution in [2.24, 2.45) is 5.92 Å². The summed E-state index contributed by atoms with van der Waals surface area (Å²) in [6.07, 6.45) is 1.61. The van der Waals surface area contributed by atoms with E-state index in [0.717, 1.165) is 28.7 Å². The molecule has 3 heterocycles. The molecule has 0 unspecified atom stereocenters. The average molecular weight is 579 g/mol. The number of nitrogens with zero attached hydrogens (tertiary/aromatic N) is 2. The second-order valence-electron chi connectivity index (χ2n) is 9.94. The topological polar surface area (TPSA) is 153 Å². The van der Waals surface area contributed by atoms with E-state index in [1.54, 1.807) is 0 Å². The lowest BCUT2D eigenvalue weighted by Gasteiger charge is -2.23. The first-order valence-electron chi connectivity index (χ1n) is 12.6. The largest absolute Gasteiger partial charge is 0.618 e. The number of nitrogens with one attached hydrogen (secondary N) is 2. The Hall–Kier alpha value is -3.91. The predicted octanol–water partition coefficient (Wildman–Crippen LogP) is 2.03. The maximum atomic E-state index is 13.5. The van der Waals surface area contributed by atoms with Gasteiger partial charge in [-0.3, -0.25) is 14.4 Å². The highest BCUT2D eigenvalue weighted by molar-refractivity contribution is 7.89. The Labute approximate surface area is 228 Å². The summed E-state index contributed by atoms with van der Waals surface area (Å²) in [5.41, 5.74) is -0.0459. The van der Waals surface area contributed by atoms with E-state index < -0.39 is 62.9 Å². The number of benzene rings is 1. The van der Waals surface area contributed by atoms with Crippen LogP contribution in [-0.2, 0) is 19.6 Å². The highest BCUT2D eigenvalue weighted by Crippen LogP contribution is 2.23. The summed E-state index contributed by atoms with van der Waals surface area (Å²) in [6.45, 7) is 3.07. The average Bonchev–Trinajstić information content (AvgIpc) is 3.19. The smallest absolute Gasteiger partial charge is 0.323 e. The Kier molecular flexibility index (Phi) is 8.49. The van der Waals surface area contributed by atoms with Gasteiger partial charge in [0.25, 0.3) is 5.91 Å². The first kappa shape index (κ1) is 29.1. The predicted molar refractivity (Wildman–Crippen MR) is 137 cm³/mol. The Morgan fingerprint density at radius 1 is 1.20 bits per heavy atom. The van der Waals surface area contributed by atoms with Crippen LogP contribution in [0.3, 0.4) is 0 Å². The van der Waals surface area contributed by atoms with Crippen LogP contribution in [0, 0.1) is 22.8 Å². The molecular formula is C26H28F2N4O7S. The Bertz CT molecular complexity index is 1520. The van der Waals surface area contributed by atoms with Crippen LogP contribution in [0.1, 0.15) is 43.7 Å². The number of fused-ring (bicyclic) bond motifs is 1. The quantitative estimate of drug-likeness (QED) is 0.306. The minimum absolute atomic E-state index is 0.0330. The summed E-state index contributed by atoms with van der Waals surface area (Å²) < 4.78 is 59.5. The minimum Gasteiger partial charge on any atom is -0.618 e. The zero-order valence-electron chi connectivity index (χ0n) is 21.7. The van der Waals surface area contributed by atoms with Gasteiger partial charge in [0.15, 0.2) is 29.4 Å². The van der Waals surface area contributed by atoms with Gasteiger partial charge in [-0.25, -0.2) is 17.2 Å². The molecule has 0 bridgehead atoms. The maximum Gasteiger partial charge on any atom is 0.323 e. The Morgan fingerprint density at radius 2 is 1.93 bits per heavy atom. The van der Waals surface area contributed by atoms with Gasteiger partial charge < -0.3 is 20.3 Å². The number of amides is 2. The molecule has 2 amide bonds. The van der Waals surface area contributed by atoms with Crippen molar-refractivity contribution >= 4 is 38.6 Å². The van der Waals surface area contributed by atoms with Crippen molar-refractivity contribution in [2.75, 3.05) is 13.1 Å². The number of rotatable bonds is 8. The molecule has 1 aromatic carbocycles. The van der Waals surface area contributed by atoms with Gasteiger partial charge in [-0.1, -0.05) is 13.8 Å². The van der Waals surface area contributed by atoms with Crippen LogP contribution in [0.25, 0.3) is 11.0 Å². The number of carbonyl (C=O) groups is 3. The molecular weight excluding hydrogens is 550 g/mol. The number of sulfonamides is 1. The molecule has 1 aliphatic heterocycles. The van der Waals surface area contributed by atoms with E-state index in [9.17, 15) is 36.8 Å². The van der Waals surface area contributed by atoms with Crippen molar-refractivity contribution in [3.63, 3.8) is 0 Å². The fraction of sp³-hybridized carbons (Fsp3) is 0.385. The van der Waals surface area contributed by atoms with Crippen molar-refractivity contribution < 1.29 is 40.7 Å². The summed E-state index contributed by atoms with van der Waals surface area (Å²) in [5.74, 6) is -4.58. The van der Waals surface area contributed by atoms with Crippen LogP contribution < -0.4 is 15.4 Å². The second kappa shape index (κ2) is 11.7. The monoisotopic (exact) mass is 578 g/mol. The van der Waals surface area contributed by atoms with E-state index in [-0.39, 0.29) is 53.2 Å². The molecule has 214 valence electrons. The molecule has 4 rings (SSSR count). The Morgan fingerprint density at radius 3 is 2.62 bits per heavy atom. The van der Waals surface area contributed by atoms with Crippen LogP contribution in [0.2, 0.25) is 0 Å². The highest BCUT2D eigenvalue weighted by Gasteiger charge is 2.37. The molecule has 0 spiro atoms. The Balaban J connectivity index is 1.46. The van der Waals surface area contributed by atoms with Crippen LogP contribution in [0.4, 0.5) is 8.78 Å². The molecule has 0 radical (unpaired) electrons. The van der Waals surface area contributed by atoms with E-state index in [2.05, 4.69) is 10.6 Å². The number of hydrogen-bond acceptors (Lipinski definition) is 7. The third-order valence-electron chi connectivity index (χ3n) is 6.44. The molecule has 1 aliphatic rings. The van der Waals surface area contributed by atoms with Gasteiger partial charge in [0.2, 0.25) is 5.91 Å². The van der Waals surface area contributed by atoms with Gasteiger partial charge >= 0.3 is 15.0 Å². The lowest BCUT2D eigenvalue weighted by atomic mass is 10.0. The third kappa shape index (κ3) is 6.28. The lowest BCUT2D eigenvalue weighted by Crippen LogP contribution is -2.52. The number of Topliss-reactive ketones (excluding diaryl/α,β-unsaturated/α-hetero) is 1. The summed E-state index contributed by atoms with van der Waals surface area (Å²) in [6, 6.07) is 4.74. The number of aromatic nitrogens is 1. The molecule has 0 aliphatic carbocycles. The van der Waals surface area contributed by atoms with Gasteiger partial charge in [0.05, 0.1) is 12.6 Å². The number of halogens is 2. The van der Waals surface area contributed by atoms with Crippen molar-refractivity contribution in [2.45, 2.75) is 50.2 Å². The van der Waals surface area contributed by atoms with Crippen LogP contribution in [-0.4, -0.2) is 55.5 Å². The SMILES string of the molecule is CC(C)C[C@@H](NC(=O)c1cc2cc(F)c(F)cc2o1)C(=O)N[C@H]1CCCN(S(=O)(=O)c2cccc[n+]2[O-])CC1=O. The molecule has 40 heavy (non-hydrogen) atoms. The second-order valence-corrected chi connectivity index (χ2v) is 11.8. The molecule has 1 fully saturated rings. The molecule has 1 saturated heterocycles. The lowest BCUT2D eigenvalue weighted by molar-refractivity contribution is -0.646. The highest BCUT2D eigenvalue weighted by atomic mass is 32.2. The molecule has 3 aromatic rings. The molecule has 2 aromatic heterocycles. The molecule has 2 atom stereocenters. The van der Waals surface area contributed by atoms with E-state index in [1.165, 1.54) is 18.2 Å². The standard InChI is InChI=1S/C26H28F2N4O7S/c1-15(2)10-20(30-26(35)23-12-16-11-17(27)18(28)13-22(16)39-23)25(34)29-19-6-5-8-31(14-21(19)33)40(37,38)24-7-3-4-9-32(24)36/h3-4,7,9,11-13,15,19-20H,5-6,8,10,14H2,1-2H3,(H,29,34)(H,30,35)/t19-,20+/m0/s1. The number of pyridine rings is 1. The van der Waals surface area contributed by atoms with Gasteiger partial charge in [-0.15, -0.1) is 0 Å². The van der Waals surface area contributed by atoms with E-state index in [4.69, 9.17) is 4.42 Å². The van der Waals surface area contributed by atoms with Crippen molar-refractivity contribution in [3.05, 3.63) is 65.2 Å². The molecule has 0 saturated carbocycles. The van der Waals surface area contributed by atoms with Crippen molar-refractivity contribution in [1.29, 1.82) is 0 Å². The fourth-order valence-corrected chi connectivity index (χ4v) is 5.92. The fourth-order valence-electron chi connectivity index (χ4n) is 4.45. The van der Waals surface area contributed by atoms with Crippen LogP contribution >= 0.6 is 0 Å². The molecule has 14 heteroatoms. The maximum absolute atomic E-state index is 13.5. The first-order chi connectivity index (χ1) is 18.9. The van der Waals surface area contributed by atoms with Gasteiger partial charge in [-0.2, -0.15) is 9.04 Å². The number of furan rings is 1. The normalized spacial score (nSPS) is 17.5. The van der Waals surface area contributed by atoms with E-state index in [1.807, 2.05) is 13.8 Å². The van der Waals surface area contributed by atoms with E-state index >= 15 is 0 Å². The number of hydrogen-bond donors (Lipinski definition) is 2. The third-order valence-corrected chi connectivity index (χ3v) is 8.28. The van der Waals surface area contributed by atoms with Crippen LogP contribution in [0.5, 0.6) is 0 Å². The minimum atomic E-state index is -4.26. The van der Waals surface area contributed by atoms with Crippen molar-refractivity contribution in [3.8, 4) is 0 Å². The number of carbonyl (C=O) groups excluding carboxylic acids is 3. The number of ketones is 1. The van der Waals surface area contributed by atoms with E-state index in [0.29, 0.717) is 0 Å². The zero-order chi connectivity index (χ0) is 29.2. The van der Waals surface area contributed by atoms with Gasteiger partial charge in [-0.05, 0) is 43.4 Å². The van der Waals surface area contributed by atoms with Gasteiger partial charge in [0, 0.05) is 30.1 Å². The summed E-state index contributed by atoms with van der Waals surface area (Å²) in [4.78, 5) is 39.1. The summed E-state index contributed by atoms with van der Waals surface area (Å²) in [7, 11) is -4.26. The van der Waals surface area contributed by atoms with Crippen molar-refractivity contribution in [1.82, 2.24) is 14.9 Å². The van der Waals surface area contributed by atoms with Gasteiger partial charge in [0.1, 0.15) is 11.6 Å².